The zero-order valence-corrected chi connectivity index (χ0v) is 14.5. The number of para-hydroxylation sites is 1. The fourth-order valence-corrected chi connectivity index (χ4v) is 3.19. The standard InChI is InChI=1S/C20H16N2O5/c1-26-20(25)17(10-12-11-21-16-9-5-4-6-13(12)16)27-22-18(23)14-7-2-3-8-15(14)19(22)24/h2-9,11,17,21H,10H2,1H3/t17-/m1/s1. The molecule has 0 fully saturated rings. The Bertz CT molecular complexity index is 1020. The SMILES string of the molecule is COC(=O)[C@@H](Cc1c[nH]c2ccccc12)ON1C(=O)c2ccccc2C1=O. The van der Waals surface area contributed by atoms with Crippen LogP contribution in [0.4, 0.5) is 0 Å². The smallest absolute Gasteiger partial charge is 0.338 e. The first-order chi connectivity index (χ1) is 13.1. The van der Waals surface area contributed by atoms with Crippen molar-refractivity contribution in [2.75, 3.05) is 7.11 Å². The summed E-state index contributed by atoms with van der Waals surface area (Å²) in [6.45, 7) is 0. The van der Waals surface area contributed by atoms with Crippen molar-refractivity contribution in [2.45, 2.75) is 12.5 Å². The van der Waals surface area contributed by atoms with Crippen LogP contribution in [-0.2, 0) is 20.8 Å². The van der Waals surface area contributed by atoms with Gasteiger partial charge >= 0.3 is 5.97 Å². The Morgan fingerprint density at radius 1 is 1.04 bits per heavy atom. The molecule has 1 aromatic heterocycles. The quantitative estimate of drug-likeness (QED) is 0.555. The second kappa shape index (κ2) is 6.69. The van der Waals surface area contributed by atoms with Crippen LogP contribution in [0.1, 0.15) is 26.3 Å². The highest BCUT2D eigenvalue weighted by Gasteiger charge is 2.39. The summed E-state index contributed by atoms with van der Waals surface area (Å²) in [6, 6.07) is 14.0. The number of hydrogen-bond acceptors (Lipinski definition) is 5. The lowest BCUT2D eigenvalue weighted by Gasteiger charge is -2.20. The molecule has 0 saturated carbocycles. The van der Waals surface area contributed by atoms with Gasteiger partial charge in [-0.3, -0.25) is 9.59 Å². The van der Waals surface area contributed by atoms with Gasteiger partial charge in [0.2, 0.25) is 0 Å². The first kappa shape index (κ1) is 17.0. The largest absolute Gasteiger partial charge is 0.467 e. The van der Waals surface area contributed by atoms with Gasteiger partial charge in [0.25, 0.3) is 11.8 Å². The van der Waals surface area contributed by atoms with Crippen molar-refractivity contribution in [3.05, 3.63) is 71.4 Å². The van der Waals surface area contributed by atoms with Crippen LogP contribution in [0.2, 0.25) is 0 Å². The number of methoxy groups -OCH3 is 1. The predicted octanol–water partition coefficient (Wildman–Crippen LogP) is 2.48. The molecule has 0 unspecified atom stereocenters. The number of esters is 1. The maximum atomic E-state index is 12.5. The normalized spacial score (nSPS) is 14.5. The third kappa shape index (κ3) is 2.88. The van der Waals surface area contributed by atoms with Gasteiger partial charge in [-0.15, -0.1) is 5.06 Å². The van der Waals surface area contributed by atoms with E-state index in [4.69, 9.17) is 9.57 Å². The second-order valence-corrected chi connectivity index (χ2v) is 6.13. The van der Waals surface area contributed by atoms with E-state index in [0.29, 0.717) is 5.06 Å². The Kier molecular flexibility index (Phi) is 4.21. The molecule has 0 spiro atoms. The summed E-state index contributed by atoms with van der Waals surface area (Å²) in [5.74, 6) is -1.86. The fourth-order valence-electron chi connectivity index (χ4n) is 3.19. The van der Waals surface area contributed by atoms with E-state index >= 15 is 0 Å². The van der Waals surface area contributed by atoms with E-state index in [0.717, 1.165) is 16.5 Å². The number of carbonyl (C=O) groups excluding carboxylic acids is 3. The minimum Gasteiger partial charge on any atom is -0.467 e. The van der Waals surface area contributed by atoms with Crippen LogP contribution < -0.4 is 0 Å². The molecule has 27 heavy (non-hydrogen) atoms. The van der Waals surface area contributed by atoms with E-state index in [9.17, 15) is 14.4 Å². The lowest BCUT2D eigenvalue weighted by Crippen LogP contribution is -2.39. The number of aromatic nitrogens is 1. The summed E-state index contributed by atoms with van der Waals surface area (Å²) in [6.07, 6.45) is 0.771. The van der Waals surface area contributed by atoms with E-state index in [1.54, 1.807) is 30.5 Å². The number of hydrogen-bond donors (Lipinski definition) is 1. The first-order valence-electron chi connectivity index (χ1n) is 8.37. The third-order valence-electron chi connectivity index (χ3n) is 4.53. The third-order valence-corrected chi connectivity index (χ3v) is 4.53. The average molecular weight is 364 g/mol. The number of fused-ring (bicyclic) bond motifs is 2. The number of aromatic amines is 1. The monoisotopic (exact) mass is 364 g/mol. The molecule has 1 aliphatic heterocycles. The molecule has 7 nitrogen and oxygen atoms in total. The lowest BCUT2D eigenvalue weighted by molar-refractivity contribution is -0.177. The molecule has 1 atom stereocenters. The maximum Gasteiger partial charge on any atom is 0.338 e. The second-order valence-electron chi connectivity index (χ2n) is 6.13. The highest BCUT2D eigenvalue weighted by molar-refractivity contribution is 6.20. The number of nitrogens with zero attached hydrogens (tertiary/aromatic N) is 1. The molecular weight excluding hydrogens is 348 g/mol. The maximum absolute atomic E-state index is 12.5. The molecule has 2 aromatic carbocycles. The molecule has 4 rings (SSSR count). The van der Waals surface area contributed by atoms with Crippen molar-refractivity contribution < 1.29 is 24.0 Å². The summed E-state index contributed by atoms with van der Waals surface area (Å²) in [5, 5.41) is 1.57. The van der Waals surface area contributed by atoms with E-state index < -0.39 is 23.9 Å². The van der Waals surface area contributed by atoms with Crippen LogP contribution >= 0.6 is 0 Å². The fraction of sp³-hybridized carbons (Fsp3) is 0.150. The van der Waals surface area contributed by atoms with Crippen molar-refractivity contribution in [2.24, 2.45) is 0 Å². The summed E-state index contributed by atoms with van der Waals surface area (Å²) in [4.78, 5) is 45.9. The van der Waals surface area contributed by atoms with E-state index in [-0.39, 0.29) is 17.5 Å². The number of imide groups is 1. The predicted molar refractivity (Wildman–Crippen MR) is 95.8 cm³/mol. The van der Waals surface area contributed by atoms with Crippen LogP contribution in [0.3, 0.4) is 0 Å². The van der Waals surface area contributed by atoms with Crippen molar-refractivity contribution in [1.29, 1.82) is 0 Å². The van der Waals surface area contributed by atoms with Gasteiger partial charge in [-0.1, -0.05) is 30.3 Å². The zero-order chi connectivity index (χ0) is 19.0. The Balaban J connectivity index is 1.61. The minimum absolute atomic E-state index is 0.143. The van der Waals surface area contributed by atoms with E-state index in [1.165, 1.54) is 7.11 Å². The molecule has 1 N–H and O–H groups in total. The molecule has 7 heteroatoms. The van der Waals surface area contributed by atoms with Crippen LogP contribution in [0, 0.1) is 0 Å². The molecule has 0 radical (unpaired) electrons. The van der Waals surface area contributed by atoms with Gasteiger partial charge in [0.1, 0.15) is 0 Å². The molecule has 3 aromatic rings. The van der Waals surface area contributed by atoms with Crippen molar-refractivity contribution in [1.82, 2.24) is 10.0 Å². The highest BCUT2D eigenvalue weighted by atomic mass is 16.7. The van der Waals surface area contributed by atoms with Gasteiger partial charge < -0.3 is 9.72 Å². The van der Waals surface area contributed by atoms with Crippen LogP contribution in [0.5, 0.6) is 0 Å². The van der Waals surface area contributed by atoms with Gasteiger partial charge in [-0.05, 0) is 23.8 Å². The molecule has 0 bridgehead atoms. The Morgan fingerprint density at radius 2 is 1.67 bits per heavy atom. The first-order valence-corrected chi connectivity index (χ1v) is 8.37. The summed E-state index contributed by atoms with van der Waals surface area (Å²) in [5.41, 5.74) is 2.23. The number of nitrogens with one attached hydrogen (secondary N) is 1. The van der Waals surface area contributed by atoms with Gasteiger partial charge in [-0.25, -0.2) is 9.63 Å². The van der Waals surface area contributed by atoms with Gasteiger partial charge in [-0.2, -0.15) is 0 Å². The Morgan fingerprint density at radius 3 is 2.33 bits per heavy atom. The van der Waals surface area contributed by atoms with Crippen molar-refractivity contribution in [3.8, 4) is 0 Å². The molecule has 0 aliphatic carbocycles. The Hall–Kier alpha value is -3.45. The van der Waals surface area contributed by atoms with Gasteiger partial charge in [0.05, 0.1) is 18.2 Å². The molecular formula is C20H16N2O5. The number of benzene rings is 2. The number of H-pyrrole nitrogens is 1. The zero-order valence-electron chi connectivity index (χ0n) is 14.5. The van der Waals surface area contributed by atoms with Crippen molar-refractivity contribution >= 4 is 28.7 Å². The molecule has 1 aliphatic rings. The Labute approximate surface area is 154 Å². The van der Waals surface area contributed by atoms with Crippen LogP contribution in [0.15, 0.2) is 54.7 Å². The number of ether oxygens (including phenoxy) is 1. The number of carbonyl (C=O) groups is 3. The molecule has 2 heterocycles. The molecule has 0 saturated heterocycles. The van der Waals surface area contributed by atoms with E-state index in [1.807, 2.05) is 24.3 Å². The molecule has 2 amide bonds. The van der Waals surface area contributed by atoms with Gasteiger partial charge in [0.15, 0.2) is 6.10 Å². The number of rotatable bonds is 5. The molecule has 136 valence electrons. The minimum atomic E-state index is -1.14. The topological polar surface area (TPSA) is 88.7 Å². The van der Waals surface area contributed by atoms with Crippen molar-refractivity contribution in [3.63, 3.8) is 0 Å². The van der Waals surface area contributed by atoms with Crippen LogP contribution in [0.25, 0.3) is 10.9 Å². The van der Waals surface area contributed by atoms with E-state index in [2.05, 4.69) is 4.98 Å². The number of hydroxylamine groups is 2. The summed E-state index contributed by atoms with van der Waals surface area (Å²) >= 11 is 0. The van der Waals surface area contributed by atoms with Gasteiger partial charge in [0, 0.05) is 23.5 Å². The highest BCUT2D eigenvalue weighted by Crippen LogP contribution is 2.25. The lowest BCUT2D eigenvalue weighted by atomic mass is 10.1. The van der Waals surface area contributed by atoms with Crippen LogP contribution in [-0.4, -0.2) is 41.0 Å². The summed E-state index contributed by atoms with van der Waals surface area (Å²) in [7, 11) is 1.23. The average Bonchev–Trinajstić information content (AvgIpc) is 3.22. The number of amides is 2. The summed E-state index contributed by atoms with van der Waals surface area (Å²) < 4.78 is 4.81.